The number of fused-ring (bicyclic) bond motifs is 1. The zero-order chi connectivity index (χ0) is 18.0. The fraction of sp³-hybridized carbons (Fsp3) is 0.263. The van der Waals surface area contributed by atoms with Crippen molar-refractivity contribution in [2.24, 2.45) is 4.99 Å². The summed E-state index contributed by atoms with van der Waals surface area (Å²) in [6.45, 7) is 4.72. The molecule has 0 saturated carbocycles. The maximum atomic E-state index is 12.5. The molecule has 0 aliphatic heterocycles. The molecule has 0 aliphatic carbocycles. The number of aromatic nitrogens is 1. The van der Waals surface area contributed by atoms with E-state index in [9.17, 15) is 4.79 Å². The number of aryl methyl sites for hydroxylation is 2. The highest BCUT2D eigenvalue weighted by atomic mass is 32.1. The van der Waals surface area contributed by atoms with E-state index in [0.717, 1.165) is 15.8 Å². The van der Waals surface area contributed by atoms with Crippen molar-refractivity contribution >= 4 is 27.5 Å². The van der Waals surface area contributed by atoms with Crippen molar-refractivity contribution in [3.8, 4) is 11.5 Å². The Bertz CT molecular complexity index is 984. The molecule has 0 N–H and O–H groups in total. The van der Waals surface area contributed by atoms with Gasteiger partial charge in [-0.15, -0.1) is 0 Å². The number of carbonyl (C=O) groups excluding carboxylic acids is 1. The van der Waals surface area contributed by atoms with Gasteiger partial charge in [0.15, 0.2) is 16.3 Å². The van der Waals surface area contributed by atoms with E-state index >= 15 is 0 Å². The van der Waals surface area contributed by atoms with Crippen LogP contribution in [-0.4, -0.2) is 24.7 Å². The van der Waals surface area contributed by atoms with Crippen LogP contribution in [0, 0.1) is 6.92 Å². The minimum Gasteiger partial charge on any atom is -0.493 e. The molecule has 0 saturated heterocycles. The predicted molar refractivity (Wildman–Crippen MR) is 99.7 cm³/mol. The zero-order valence-corrected chi connectivity index (χ0v) is 15.5. The zero-order valence-electron chi connectivity index (χ0n) is 14.7. The van der Waals surface area contributed by atoms with Gasteiger partial charge in [0.25, 0.3) is 5.91 Å². The first kappa shape index (κ1) is 17.2. The number of hydrogen-bond acceptors (Lipinski definition) is 4. The molecule has 0 fully saturated rings. The highest BCUT2D eigenvalue weighted by Crippen LogP contribution is 2.33. The Morgan fingerprint density at radius 2 is 1.76 bits per heavy atom. The number of nitrogens with zero attached hydrogens (tertiary/aromatic N) is 2. The Labute approximate surface area is 150 Å². The largest absolute Gasteiger partial charge is 0.493 e. The number of carbonyl (C=O) groups is 1. The van der Waals surface area contributed by atoms with Crippen molar-refractivity contribution in [2.45, 2.75) is 20.4 Å². The van der Waals surface area contributed by atoms with Crippen molar-refractivity contribution in [3.05, 3.63) is 52.3 Å². The normalized spacial score (nSPS) is 11.8. The molecule has 0 aliphatic rings. The summed E-state index contributed by atoms with van der Waals surface area (Å²) in [6.07, 6.45) is 0. The third-order valence-corrected chi connectivity index (χ3v) is 5.04. The molecule has 0 atom stereocenters. The van der Waals surface area contributed by atoms with Gasteiger partial charge in [-0.1, -0.05) is 29.0 Å². The van der Waals surface area contributed by atoms with E-state index in [4.69, 9.17) is 9.47 Å². The summed E-state index contributed by atoms with van der Waals surface area (Å²) in [5, 5.41) is 0. The Hall–Kier alpha value is -2.60. The first-order valence-corrected chi connectivity index (χ1v) is 8.80. The van der Waals surface area contributed by atoms with Crippen molar-refractivity contribution in [2.75, 3.05) is 14.2 Å². The van der Waals surface area contributed by atoms with Gasteiger partial charge in [0, 0.05) is 24.2 Å². The molecule has 0 spiro atoms. The molecule has 1 amide bonds. The predicted octanol–water partition coefficient (Wildman–Crippen LogP) is 3.79. The van der Waals surface area contributed by atoms with Gasteiger partial charge in [-0.3, -0.25) is 4.79 Å². The van der Waals surface area contributed by atoms with Crippen LogP contribution in [0.2, 0.25) is 0 Å². The molecule has 2 aromatic carbocycles. The molecular weight excluding hydrogens is 336 g/mol. The molecule has 0 radical (unpaired) electrons. The summed E-state index contributed by atoms with van der Waals surface area (Å²) in [5.74, 6) is 1.08. The number of benzene rings is 2. The molecule has 3 aromatic rings. The van der Waals surface area contributed by atoms with Crippen LogP contribution in [0.5, 0.6) is 11.5 Å². The van der Waals surface area contributed by atoms with Crippen LogP contribution < -0.4 is 14.3 Å². The quantitative estimate of drug-likeness (QED) is 0.715. The number of hydrogen-bond donors (Lipinski definition) is 0. The van der Waals surface area contributed by atoms with Crippen LogP contribution in [0.15, 0.2) is 41.4 Å². The second-order valence-corrected chi connectivity index (χ2v) is 6.60. The van der Waals surface area contributed by atoms with Crippen LogP contribution >= 0.6 is 11.3 Å². The molecule has 6 heteroatoms. The Kier molecular flexibility index (Phi) is 4.90. The maximum Gasteiger partial charge on any atom is 0.279 e. The van der Waals surface area contributed by atoms with E-state index in [1.807, 2.05) is 42.7 Å². The number of ether oxygens (including phenoxy) is 2. The maximum absolute atomic E-state index is 12.5. The smallest absolute Gasteiger partial charge is 0.279 e. The minimum atomic E-state index is -0.243. The Morgan fingerprint density at radius 1 is 1.12 bits per heavy atom. The summed E-state index contributed by atoms with van der Waals surface area (Å²) in [4.78, 5) is 17.5. The monoisotopic (exact) mass is 356 g/mol. The van der Waals surface area contributed by atoms with Crippen LogP contribution in [-0.2, 0) is 6.54 Å². The number of methoxy groups -OCH3 is 2. The Balaban J connectivity index is 2.15. The van der Waals surface area contributed by atoms with Crippen molar-refractivity contribution < 1.29 is 14.3 Å². The lowest BCUT2D eigenvalue weighted by molar-refractivity contribution is 0.0998. The van der Waals surface area contributed by atoms with E-state index in [-0.39, 0.29) is 5.91 Å². The lowest BCUT2D eigenvalue weighted by atomic mass is 10.1. The van der Waals surface area contributed by atoms with E-state index in [1.54, 1.807) is 26.4 Å². The number of rotatable bonds is 4. The molecule has 1 aromatic heterocycles. The van der Waals surface area contributed by atoms with Crippen LogP contribution in [0.4, 0.5) is 0 Å². The van der Waals surface area contributed by atoms with E-state index in [1.165, 1.54) is 11.3 Å². The van der Waals surface area contributed by atoms with Gasteiger partial charge >= 0.3 is 0 Å². The van der Waals surface area contributed by atoms with Crippen LogP contribution in [0.1, 0.15) is 22.8 Å². The molecule has 130 valence electrons. The fourth-order valence-electron chi connectivity index (χ4n) is 2.64. The molecule has 0 unspecified atom stereocenters. The summed E-state index contributed by atoms with van der Waals surface area (Å²) in [6, 6.07) is 11.3. The number of amides is 1. The molecular formula is C19H20N2O3S. The second kappa shape index (κ2) is 7.11. The SMILES string of the molecule is CCn1c(=NC(=O)c2ccc(C)cc2)sc2cc(OC)c(OC)cc21. The van der Waals surface area contributed by atoms with Crippen molar-refractivity contribution in [1.82, 2.24) is 4.57 Å². The molecule has 5 nitrogen and oxygen atoms in total. The van der Waals surface area contributed by atoms with E-state index < -0.39 is 0 Å². The lowest BCUT2D eigenvalue weighted by Crippen LogP contribution is -2.15. The van der Waals surface area contributed by atoms with Gasteiger partial charge < -0.3 is 14.0 Å². The third-order valence-electron chi connectivity index (χ3n) is 4.00. The van der Waals surface area contributed by atoms with Crippen LogP contribution in [0.3, 0.4) is 0 Å². The molecule has 1 heterocycles. The highest BCUT2D eigenvalue weighted by Gasteiger charge is 2.13. The van der Waals surface area contributed by atoms with Gasteiger partial charge in [-0.2, -0.15) is 4.99 Å². The first-order valence-electron chi connectivity index (χ1n) is 7.98. The summed E-state index contributed by atoms with van der Waals surface area (Å²) in [5.41, 5.74) is 2.67. The van der Waals surface area contributed by atoms with Gasteiger partial charge in [-0.25, -0.2) is 0 Å². The standard InChI is InChI=1S/C19H20N2O3S/c1-5-21-14-10-15(23-3)16(24-4)11-17(14)25-19(21)20-18(22)13-8-6-12(2)7-9-13/h6-11H,5H2,1-4H3. The van der Waals surface area contributed by atoms with E-state index in [2.05, 4.69) is 4.99 Å². The van der Waals surface area contributed by atoms with Gasteiger partial charge in [-0.05, 0) is 26.0 Å². The minimum absolute atomic E-state index is 0.243. The third kappa shape index (κ3) is 3.30. The summed E-state index contributed by atoms with van der Waals surface area (Å²) >= 11 is 1.46. The first-order chi connectivity index (χ1) is 12.1. The van der Waals surface area contributed by atoms with Crippen molar-refractivity contribution in [1.29, 1.82) is 0 Å². The van der Waals surface area contributed by atoms with Gasteiger partial charge in [0.1, 0.15) is 0 Å². The highest BCUT2D eigenvalue weighted by molar-refractivity contribution is 7.16. The molecule has 0 bridgehead atoms. The van der Waals surface area contributed by atoms with Crippen molar-refractivity contribution in [3.63, 3.8) is 0 Å². The fourth-order valence-corrected chi connectivity index (χ4v) is 3.74. The lowest BCUT2D eigenvalue weighted by Gasteiger charge is -2.08. The van der Waals surface area contributed by atoms with Crippen LogP contribution in [0.25, 0.3) is 10.2 Å². The second-order valence-electron chi connectivity index (χ2n) is 5.59. The van der Waals surface area contributed by atoms with E-state index in [0.29, 0.717) is 28.4 Å². The average Bonchev–Trinajstić information content (AvgIpc) is 2.96. The van der Waals surface area contributed by atoms with Gasteiger partial charge in [0.2, 0.25) is 0 Å². The summed E-state index contributed by atoms with van der Waals surface area (Å²) < 4.78 is 13.8. The average molecular weight is 356 g/mol. The number of thiazole rings is 1. The summed E-state index contributed by atoms with van der Waals surface area (Å²) in [7, 11) is 3.22. The topological polar surface area (TPSA) is 52.8 Å². The van der Waals surface area contributed by atoms with Gasteiger partial charge in [0.05, 0.1) is 24.4 Å². The molecule has 25 heavy (non-hydrogen) atoms. The Morgan fingerprint density at radius 3 is 2.36 bits per heavy atom. The molecule has 3 rings (SSSR count).